The van der Waals surface area contributed by atoms with Crippen molar-refractivity contribution in [3.63, 3.8) is 0 Å². The highest BCUT2D eigenvalue weighted by Gasteiger charge is 2.25. The monoisotopic (exact) mass is 328 g/mol. The lowest BCUT2D eigenvalue weighted by Gasteiger charge is -2.30. The van der Waals surface area contributed by atoms with Gasteiger partial charge in [0.25, 0.3) is 0 Å². The van der Waals surface area contributed by atoms with Gasteiger partial charge in [0, 0.05) is 37.0 Å². The van der Waals surface area contributed by atoms with Gasteiger partial charge in [-0.1, -0.05) is 6.92 Å². The summed E-state index contributed by atoms with van der Waals surface area (Å²) < 4.78 is 1.68. The molecule has 0 unspecified atom stereocenters. The Bertz CT molecular complexity index is 816. The second-order valence-electron chi connectivity index (χ2n) is 6.20. The predicted molar refractivity (Wildman–Crippen MR) is 89.6 cm³/mol. The highest BCUT2D eigenvalue weighted by molar-refractivity contribution is 5.59. The smallest absolute Gasteiger partial charge is 0.185 e. The largest absolute Gasteiger partial charge is 0.396 e. The molecule has 8 heteroatoms. The molecule has 3 aromatic heterocycles. The number of pyridine rings is 1. The van der Waals surface area contributed by atoms with Crippen LogP contribution in [-0.2, 0) is 0 Å². The first-order valence-corrected chi connectivity index (χ1v) is 7.62. The zero-order chi connectivity index (χ0) is 17.2. The lowest BCUT2D eigenvalue weighted by molar-refractivity contribution is 0.0761. The van der Waals surface area contributed by atoms with Crippen LogP contribution in [0, 0.1) is 5.41 Å². The number of aliphatic hydroxyl groups excluding tert-OH is 2. The van der Waals surface area contributed by atoms with Crippen LogP contribution in [0.25, 0.3) is 17.0 Å². The molecule has 2 N–H and O–H groups in total. The molecular formula is C16H20N6O2. The molecule has 0 aliphatic carbocycles. The number of aromatic nitrogens is 5. The third kappa shape index (κ3) is 3.06. The Labute approximate surface area is 139 Å². The summed E-state index contributed by atoms with van der Waals surface area (Å²) in [6.45, 7) is 2.07. The number of nitrogens with zero attached hydrogens (tertiary/aromatic N) is 6. The van der Waals surface area contributed by atoms with Crippen LogP contribution in [0.3, 0.4) is 0 Å². The van der Waals surface area contributed by atoms with E-state index in [1.807, 2.05) is 43.1 Å². The second kappa shape index (κ2) is 6.50. The zero-order valence-corrected chi connectivity index (χ0v) is 13.7. The van der Waals surface area contributed by atoms with Crippen LogP contribution < -0.4 is 4.90 Å². The highest BCUT2D eigenvalue weighted by atomic mass is 16.3. The van der Waals surface area contributed by atoms with Gasteiger partial charge in [0.1, 0.15) is 5.82 Å². The van der Waals surface area contributed by atoms with Gasteiger partial charge in [-0.05, 0) is 24.3 Å². The van der Waals surface area contributed by atoms with Gasteiger partial charge in [-0.15, -0.1) is 15.3 Å². The third-order valence-electron chi connectivity index (χ3n) is 3.96. The molecule has 0 bridgehead atoms. The summed E-state index contributed by atoms with van der Waals surface area (Å²) in [5.41, 5.74) is 0.915. The molecule has 0 saturated heterocycles. The molecule has 0 aliphatic heterocycles. The van der Waals surface area contributed by atoms with Gasteiger partial charge in [-0.25, -0.2) is 0 Å². The molecule has 0 fully saturated rings. The maximum atomic E-state index is 9.47. The number of anilines is 1. The lowest BCUT2D eigenvalue weighted by Crippen LogP contribution is -2.39. The number of hydrogen-bond donors (Lipinski definition) is 2. The van der Waals surface area contributed by atoms with Crippen molar-refractivity contribution in [3.8, 4) is 11.4 Å². The summed E-state index contributed by atoms with van der Waals surface area (Å²) >= 11 is 0. The fraction of sp³-hybridized carbons (Fsp3) is 0.375. The molecule has 8 nitrogen and oxygen atoms in total. The van der Waals surface area contributed by atoms with Gasteiger partial charge in [-0.3, -0.25) is 4.98 Å². The van der Waals surface area contributed by atoms with E-state index in [4.69, 9.17) is 0 Å². The minimum absolute atomic E-state index is 0.106. The van der Waals surface area contributed by atoms with E-state index >= 15 is 0 Å². The van der Waals surface area contributed by atoms with E-state index < -0.39 is 5.41 Å². The van der Waals surface area contributed by atoms with Crippen molar-refractivity contribution in [1.82, 2.24) is 24.8 Å². The van der Waals surface area contributed by atoms with Crippen molar-refractivity contribution < 1.29 is 10.2 Å². The Morgan fingerprint density at radius 3 is 2.46 bits per heavy atom. The number of hydrogen-bond acceptors (Lipinski definition) is 7. The van der Waals surface area contributed by atoms with E-state index in [1.165, 1.54) is 0 Å². The molecule has 3 aromatic rings. The first kappa shape index (κ1) is 16.3. The normalized spacial score (nSPS) is 11.8. The van der Waals surface area contributed by atoms with Gasteiger partial charge in [0.15, 0.2) is 11.5 Å². The summed E-state index contributed by atoms with van der Waals surface area (Å²) in [5.74, 6) is 1.33. The molecule has 3 rings (SSSR count). The Kier molecular flexibility index (Phi) is 4.41. The summed E-state index contributed by atoms with van der Waals surface area (Å²) in [4.78, 5) is 5.90. The molecular weight excluding hydrogens is 308 g/mol. The van der Waals surface area contributed by atoms with Crippen LogP contribution in [-0.4, -0.2) is 61.8 Å². The van der Waals surface area contributed by atoms with E-state index in [9.17, 15) is 10.2 Å². The van der Waals surface area contributed by atoms with Gasteiger partial charge in [0.2, 0.25) is 0 Å². The summed E-state index contributed by atoms with van der Waals surface area (Å²) in [5, 5.41) is 31.9. The van der Waals surface area contributed by atoms with E-state index in [2.05, 4.69) is 20.3 Å². The van der Waals surface area contributed by atoms with Crippen LogP contribution in [0.4, 0.5) is 5.82 Å². The molecule has 126 valence electrons. The fourth-order valence-corrected chi connectivity index (χ4v) is 2.47. The number of aliphatic hydroxyl groups is 2. The first-order chi connectivity index (χ1) is 11.6. The topological polar surface area (TPSA) is 99.7 Å². The summed E-state index contributed by atoms with van der Waals surface area (Å²) in [6, 6.07) is 7.38. The molecule has 3 heterocycles. The van der Waals surface area contributed by atoms with Gasteiger partial charge >= 0.3 is 0 Å². The van der Waals surface area contributed by atoms with Crippen LogP contribution in [0.2, 0.25) is 0 Å². The quantitative estimate of drug-likeness (QED) is 0.684. The molecule has 0 spiro atoms. The standard InChI is InChI=1S/C16H20N6O2/c1-16(10-23,11-24)9-21(2)14-4-3-13-18-19-15(22(13)20-14)12-5-7-17-8-6-12/h3-8,23-24H,9-11H2,1-2H3. The molecule has 0 amide bonds. The van der Waals surface area contributed by atoms with Crippen molar-refractivity contribution in [2.24, 2.45) is 5.41 Å². The van der Waals surface area contributed by atoms with Crippen LogP contribution >= 0.6 is 0 Å². The first-order valence-electron chi connectivity index (χ1n) is 7.62. The fourth-order valence-electron chi connectivity index (χ4n) is 2.47. The van der Waals surface area contributed by atoms with Gasteiger partial charge in [0.05, 0.1) is 13.2 Å². The van der Waals surface area contributed by atoms with Crippen molar-refractivity contribution >= 4 is 11.5 Å². The molecule has 0 atom stereocenters. The molecule has 0 aliphatic rings. The lowest BCUT2D eigenvalue weighted by atomic mass is 9.92. The maximum Gasteiger partial charge on any atom is 0.185 e. The van der Waals surface area contributed by atoms with Gasteiger partial charge < -0.3 is 15.1 Å². The van der Waals surface area contributed by atoms with Crippen molar-refractivity contribution in [2.75, 3.05) is 31.7 Å². The van der Waals surface area contributed by atoms with Crippen LogP contribution in [0.1, 0.15) is 6.92 Å². The van der Waals surface area contributed by atoms with Crippen molar-refractivity contribution in [1.29, 1.82) is 0 Å². The maximum absolute atomic E-state index is 9.47. The minimum Gasteiger partial charge on any atom is -0.396 e. The molecule has 0 aromatic carbocycles. The number of rotatable bonds is 6. The van der Waals surface area contributed by atoms with E-state index in [0.717, 1.165) is 5.56 Å². The summed E-state index contributed by atoms with van der Waals surface area (Å²) in [6.07, 6.45) is 3.39. The Hall–Kier alpha value is -2.58. The minimum atomic E-state index is -0.605. The van der Waals surface area contributed by atoms with Crippen molar-refractivity contribution in [3.05, 3.63) is 36.7 Å². The van der Waals surface area contributed by atoms with E-state index in [-0.39, 0.29) is 13.2 Å². The average molecular weight is 328 g/mol. The summed E-state index contributed by atoms with van der Waals surface area (Å²) in [7, 11) is 1.87. The Morgan fingerprint density at radius 1 is 1.08 bits per heavy atom. The SMILES string of the molecule is CN(CC(C)(CO)CO)c1ccc2nnc(-c3ccncc3)n2n1. The molecule has 24 heavy (non-hydrogen) atoms. The van der Waals surface area contributed by atoms with Crippen LogP contribution in [0.15, 0.2) is 36.7 Å². The van der Waals surface area contributed by atoms with Crippen molar-refractivity contribution in [2.45, 2.75) is 6.92 Å². The average Bonchev–Trinajstić information content (AvgIpc) is 3.05. The Balaban J connectivity index is 1.96. The zero-order valence-electron chi connectivity index (χ0n) is 13.7. The van der Waals surface area contributed by atoms with Gasteiger partial charge in [-0.2, -0.15) is 4.52 Å². The van der Waals surface area contributed by atoms with E-state index in [0.29, 0.717) is 23.8 Å². The third-order valence-corrected chi connectivity index (χ3v) is 3.96. The predicted octanol–water partition coefficient (Wildman–Crippen LogP) is 0.613. The highest BCUT2D eigenvalue weighted by Crippen LogP contribution is 2.21. The Morgan fingerprint density at radius 2 is 1.79 bits per heavy atom. The van der Waals surface area contributed by atoms with Crippen LogP contribution in [0.5, 0.6) is 0 Å². The molecule has 0 saturated carbocycles. The second-order valence-corrected chi connectivity index (χ2v) is 6.20. The number of fused-ring (bicyclic) bond motifs is 1. The van der Waals surface area contributed by atoms with E-state index in [1.54, 1.807) is 16.9 Å². The molecule has 0 radical (unpaired) electrons.